The van der Waals surface area contributed by atoms with E-state index in [1.54, 1.807) is 10.8 Å². The molecule has 0 bridgehead atoms. The lowest BCUT2D eigenvalue weighted by Crippen LogP contribution is -2.08. The van der Waals surface area contributed by atoms with Gasteiger partial charge in [-0.2, -0.15) is 0 Å². The smallest absolute Gasteiger partial charge is 0.172 e. The highest BCUT2D eigenvalue weighted by Gasteiger charge is 2.12. The Hall–Kier alpha value is -2.43. The Bertz CT molecular complexity index is 632. The molecule has 104 valence electrons. The number of benzene rings is 1. The van der Waals surface area contributed by atoms with Crippen LogP contribution in [0, 0.1) is 13.8 Å². The van der Waals surface area contributed by atoms with Gasteiger partial charge in [0.1, 0.15) is 18.1 Å². The zero-order chi connectivity index (χ0) is 14.5. The molecule has 0 saturated heterocycles. The van der Waals surface area contributed by atoms with Gasteiger partial charge < -0.3 is 4.74 Å². The molecule has 1 aromatic carbocycles. The van der Waals surface area contributed by atoms with Crippen molar-refractivity contribution in [2.24, 2.45) is 0 Å². The maximum atomic E-state index is 11.0. The molecule has 0 spiro atoms. The number of hydrogen-bond acceptors (Lipinski definition) is 4. The first-order valence-electron chi connectivity index (χ1n) is 6.34. The fourth-order valence-electron chi connectivity index (χ4n) is 1.86. The van der Waals surface area contributed by atoms with Crippen LogP contribution in [0.5, 0.6) is 5.75 Å². The minimum Gasteiger partial charge on any atom is -0.487 e. The Labute approximate surface area is 117 Å². The van der Waals surface area contributed by atoms with Crippen molar-refractivity contribution in [3.05, 3.63) is 53.4 Å². The zero-order valence-corrected chi connectivity index (χ0v) is 11.7. The summed E-state index contributed by atoms with van der Waals surface area (Å²) in [6.45, 7) is 8.39. The van der Waals surface area contributed by atoms with Gasteiger partial charge in [-0.15, -0.1) is 11.7 Å². The molecular formula is C15H17N3O2. The van der Waals surface area contributed by atoms with Gasteiger partial charge in [-0.25, -0.2) is 4.68 Å². The maximum Gasteiger partial charge on any atom is 0.172 e. The highest BCUT2D eigenvalue weighted by Crippen LogP contribution is 2.20. The first-order valence-corrected chi connectivity index (χ1v) is 6.34. The fraction of sp³-hybridized carbons (Fsp3) is 0.267. The quantitative estimate of drug-likeness (QED) is 0.598. The van der Waals surface area contributed by atoms with Gasteiger partial charge >= 0.3 is 0 Å². The number of aromatic nitrogens is 3. The minimum absolute atomic E-state index is 0.249. The van der Waals surface area contributed by atoms with Crippen molar-refractivity contribution in [2.45, 2.75) is 27.0 Å². The van der Waals surface area contributed by atoms with Gasteiger partial charge in [-0.05, 0) is 31.0 Å². The average molecular weight is 271 g/mol. The van der Waals surface area contributed by atoms with Crippen molar-refractivity contribution in [3.8, 4) is 5.75 Å². The fourth-order valence-corrected chi connectivity index (χ4v) is 1.86. The van der Waals surface area contributed by atoms with Crippen LogP contribution in [0.25, 0.3) is 0 Å². The van der Waals surface area contributed by atoms with Gasteiger partial charge in [-0.1, -0.05) is 23.4 Å². The third-order valence-electron chi connectivity index (χ3n) is 2.99. The number of aldehydes is 1. The third-order valence-corrected chi connectivity index (χ3v) is 2.99. The molecule has 0 unspecified atom stereocenters. The largest absolute Gasteiger partial charge is 0.487 e. The molecule has 0 N–H and O–H groups in total. The van der Waals surface area contributed by atoms with E-state index in [0.717, 1.165) is 16.9 Å². The van der Waals surface area contributed by atoms with Crippen molar-refractivity contribution in [1.82, 2.24) is 15.0 Å². The van der Waals surface area contributed by atoms with Gasteiger partial charge in [0.15, 0.2) is 12.0 Å². The van der Waals surface area contributed by atoms with Gasteiger partial charge in [0.05, 0.1) is 6.54 Å². The van der Waals surface area contributed by atoms with E-state index in [9.17, 15) is 4.79 Å². The van der Waals surface area contributed by atoms with E-state index in [1.807, 2.05) is 32.0 Å². The topological polar surface area (TPSA) is 57.0 Å². The zero-order valence-electron chi connectivity index (χ0n) is 11.7. The SMILES string of the molecule is C=CCn1nnc(C=O)c1COc1cc(C)ccc1C. The van der Waals surface area contributed by atoms with Crippen LogP contribution in [0.2, 0.25) is 0 Å². The average Bonchev–Trinajstić information content (AvgIpc) is 2.82. The van der Waals surface area contributed by atoms with Crippen LogP contribution >= 0.6 is 0 Å². The van der Waals surface area contributed by atoms with Crippen molar-refractivity contribution in [1.29, 1.82) is 0 Å². The lowest BCUT2D eigenvalue weighted by Gasteiger charge is -2.10. The molecule has 0 atom stereocenters. The molecule has 0 radical (unpaired) electrons. The Balaban J connectivity index is 2.21. The standard InChI is InChI=1S/C15H17N3O2/c1-4-7-18-14(13(9-19)16-17-18)10-20-15-8-11(2)5-6-12(15)3/h4-6,8-9H,1,7,10H2,2-3H3. The van der Waals surface area contributed by atoms with E-state index in [-0.39, 0.29) is 6.61 Å². The molecule has 20 heavy (non-hydrogen) atoms. The van der Waals surface area contributed by atoms with E-state index >= 15 is 0 Å². The second-order valence-corrected chi connectivity index (χ2v) is 4.57. The molecule has 0 aliphatic heterocycles. The Morgan fingerprint density at radius 3 is 2.90 bits per heavy atom. The lowest BCUT2D eigenvalue weighted by molar-refractivity contribution is 0.111. The predicted octanol–water partition coefficient (Wildman–Crippen LogP) is 2.47. The van der Waals surface area contributed by atoms with Crippen LogP contribution in [0.1, 0.15) is 27.3 Å². The maximum absolute atomic E-state index is 11.0. The van der Waals surface area contributed by atoms with Crippen LogP contribution < -0.4 is 4.74 Å². The number of carbonyl (C=O) groups excluding carboxylic acids is 1. The van der Waals surface area contributed by atoms with Crippen molar-refractivity contribution < 1.29 is 9.53 Å². The summed E-state index contributed by atoms with van der Waals surface area (Å²) in [4.78, 5) is 11.0. The van der Waals surface area contributed by atoms with Crippen LogP contribution in [-0.4, -0.2) is 21.3 Å². The van der Waals surface area contributed by atoms with Gasteiger partial charge in [0, 0.05) is 0 Å². The normalized spacial score (nSPS) is 10.3. The monoisotopic (exact) mass is 271 g/mol. The summed E-state index contributed by atoms with van der Waals surface area (Å²) in [6.07, 6.45) is 2.39. The van der Waals surface area contributed by atoms with Crippen LogP contribution in [0.4, 0.5) is 0 Å². The van der Waals surface area contributed by atoms with E-state index in [0.29, 0.717) is 24.2 Å². The number of nitrogens with zero attached hydrogens (tertiary/aromatic N) is 3. The third kappa shape index (κ3) is 2.93. The Kier molecular flexibility index (Phi) is 4.30. The summed E-state index contributed by atoms with van der Waals surface area (Å²) in [5.74, 6) is 0.799. The first-order chi connectivity index (χ1) is 9.65. The second-order valence-electron chi connectivity index (χ2n) is 4.57. The highest BCUT2D eigenvalue weighted by atomic mass is 16.5. The number of aryl methyl sites for hydroxylation is 2. The summed E-state index contributed by atoms with van der Waals surface area (Å²) < 4.78 is 7.41. The number of allylic oxidation sites excluding steroid dienone is 1. The second kappa shape index (κ2) is 6.14. The number of hydrogen-bond donors (Lipinski definition) is 0. The molecule has 0 aliphatic carbocycles. The molecule has 0 amide bonds. The lowest BCUT2D eigenvalue weighted by atomic mass is 10.1. The summed E-state index contributed by atoms with van der Waals surface area (Å²) >= 11 is 0. The van der Waals surface area contributed by atoms with Crippen LogP contribution in [0.15, 0.2) is 30.9 Å². The summed E-state index contributed by atoms with van der Waals surface area (Å²) in [6, 6.07) is 6.00. The highest BCUT2D eigenvalue weighted by molar-refractivity contribution is 5.73. The van der Waals surface area contributed by atoms with E-state index in [1.165, 1.54) is 0 Å². The predicted molar refractivity (Wildman–Crippen MR) is 75.9 cm³/mol. The summed E-state index contributed by atoms with van der Waals surface area (Å²) in [5.41, 5.74) is 3.13. The summed E-state index contributed by atoms with van der Waals surface area (Å²) in [5, 5.41) is 7.74. The molecule has 2 aromatic rings. The molecule has 0 saturated carbocycles. The Morgan fingerprint density at radius 1 is 1.40 bits per heavy atom. The molecule has 0 aliphatic rings. The molecule has 1 heterocycles. The number of rotatable bonds is 6. The van der Waals surface area contributed by atoms with Gasteiger partial charge in [0.2, 0.25) is 0 Å². The van der Waals surface area contributed by atoms with E-state index in [4.69, 9.17) is 4.74 Å². The van der Waals surface area contributed by atoms with Crippen LogP contribution in [0.3, 0.4) is 0 Å². The van der Waals surface area contributed by atoms with Crippen molar-refractivity contribution in [3.63, 3.8) is 0 Å². The number of carbonyl (C=O) groups is 1. The molecular weight excluding hydrogens is 254 g/mol. The molecule has 5 nitrogen and oxygen atoms in total. The molecule has 5 heteroatoms. The molecule has 2 rings (SSSR count). The van der Waals surface area contributed by atoms with Crippen molar-refractivity contribution in [2.75, 3.05) is 0 Å². The van der Waals surface area contributed by atoms with Crippen molar-refractivity contribution >= 4 is 6.29 Å². The minimum atomic E-state index is 0.249. The first kappa shape index (κ1) is 14.0. The van der Waals surface area contributed by atoms with Crippen LogP contribution in [-0.2, 0) is 13.2 Å². The summed E-state index contributed by atoms with van der Waals surface area (Å²) in [7, 11) is 0. The van der Waals surface area contributed by atoms with Gasteiger partial charge in [0.25, 0.3) is 0 Å². The molecule has 0 fully saturated rings. The van der Waals surface area contributed by atoms with E-state index in [2.05, 4.69) is 16.9 Å². The van der Waals surface area contributed by atoms with Gasteiger partial charge in [-0.3, -0.25) is 4.79 Å². The van der Waals surface area contributed by atoms with E-state index < -0.39 is 0 Å². The number of ether oxygens (including phenoxy) is 1. The molecule has 1 aromatic heterocycles. The Morgan fingerprint density at radius 2 is 2.20 bits per heavy atom.